The first-order valence-corrected chi connectivity index (χ1v) is 6.56. The Hall–Kier alpha value is -2.01. The van der Waals surface area contributed by atoms with Gasteiger partial charge in [-0.05, 0) is 36.4 Å². The average Bonchev–Trinajstić information content (AvgIpc) is 2.38. The molecule has 0 bridgehead atoms. The zero-order valence-corrected chi connectivity index (χ0v) is 11.7. The van der Waals surface area contributed by atoms with Gasteiger partial charge in [0.25, 0.3) is 0 Å². The Bertz CT molecular complexity index is 594. The third-order valence-corrected chi connectivity index (χ3v) is 3.14. The monoisotopic (exact) mass is 317 g/mol. The Balaban J connectivity index is 3.20. The van der Waals surface area contributed by atoms with Crippen molar-refractivity contribution in [2.75, 3.05) is 6.61 Å². The normalized spacial score (nSPS) is 10.8. The summed E-state index contributed by atoms with van der Waals surface area (Å²) in [6.45, 7) is 1.74. The van der Waals surface area contributed by atoms with E-state index in [2.05, 4.69) is 0 Å². The maximum absolute atomic E-state index is 12.4. The average molecular weight is 317 g/mol. The quantitative estimate of drug-likeness (QED) is 0.474. The SMILES string of the molecule is CCOC(=O)Cc1cc(C#N)c(SC(F)(F)F)cc1C=O. The molecule has 0 aliphatic rings. The summed E-state index contributed by atoms with van der Waals surface area (Å²) in [7, 11) is 0. The topological polar surface area (TPSA) is 67.2 Å². The van der Waals surface area contributed by atoms with Gasteiger partial charge >= 0.3 is 11.5 Å². The van der Waals surface area contributed by atoms with Crippen LogP contribution in [0.5, 0.6) is 0 Å². The number of aldehydes is 1. The van der Waals surface area contributed by atoms with Crippen LogP contribution in [0.4, 0.5) is 13.2 Å². The van der Waals surface area contributed by atoms with Crippen molar-refractivity contribution in [2.24, 2.45) is 0 Å². The van der Waals surface area contributed by atoms with Gasteiger partial charge in [0.15, 0.2) is 0 Å². The van der Waals surface area contributed by atoms with Crippen LogP contribution in [0.3, 0.4) is 0 Å². The number of carbonyl (C=O) groups is 2. The highest BCUT2D eigenvalue weighted by atomic mass is 32.2. The minimum atomic E-state index is -4.57. The fourth-order valence-electron chi connectivity index (χ4n) is 1.57. The van der Waals surface area contributed by atoms with E-state index in [9.17, 15) is 22.8 Å². The van der Waals surface area contributed by atoms with E-state index in [-0.39, 0.29) is 34.6 Å². The van der Waals surface area contributed by atoms with Gasteiger partial charge in [-0.15, -0.1) is 0 Å². The van der Waals surface area contributed by atoms with E-state index in [1.807, 2.05) is 0 Å². The number of alkyl halides is 3. The number of nitrogens with zero attached hydrogens (tertiary/aromatic N) is 1. The predicted octanol–water partition coefficient (Wildman–Crippen LogP) is 3.09. The third-order valence-electron chi connectivity index (χ3n) is 2.35. The van der Waals surface area contributed by atoms with Crippen molar-refractivity contribution in [1.82, 2.24) is 0 Å². The van der Waals surface area contributed by atoms with E-state index in [0.29, 0.717) is 6.29 Å². The Kier molecular flexibility index (Phi) is 5.79. The molecular formula is C13H10F3NO3S. The second kappa shape index (κ2) is 7.13. The van der Waals surface area contributed by atoms with Crippen LogP contribution >= 0.6 is 11.8 Å². The molecule has 0 heterocycles. The molecule has 0 aliphatic carbocycles. The van der Waals surface area contributed by atoms with Crippen LogP contribution in [-0.4, -0.2) is 24.4 Å². The lowest BCUT2D eigenvalue weighted by atomic mass is 10.0. The van der Waals surface area contributed by atoms with Crippen molar-refractivity contribution in [3.63, 3.8) is 0 Å². The molecule has 1 aromatic rings. The zero-order chi connectivity index (χ0) is 16.0. The van der Waals surface area contributed by atoms with Crippen molar-refractivity contribution < 1.29 is 27.5 Å². The lowest BCUT2D eigenvalue weighted by molar-refractivity contribution is -0.142. The maximum atomic E-state index is 12.4. The Morgan fingerprint density at radius 3 is 2.62 bits per heavy atom. The summed E-state index contributed by atoms with van der Waals surface area (Å²) in [4.78, 5) is 22.0. The molecule has 0 saturated heterocycles. The molecule has 0 radical (unpaired) electrons. The van der Waals surface area contributed by atoms with Crippen molar-refractivity contribution >= 4 is 24.0 Å². The highest BCUT2D eigenvalue weighted by Gasteiger charge is 2.31. The maximum Gasteiger partial charge on any atom is 0.446 e. The third kappa shape index (κ3) is 5.11. The highest BCUT2D eigenvalue weighted by Crippen LogP contribution is 2.39. The molecule has 1 rings (SSSR count). The highest BCUT2D eigenvalue weighted by molar-refractivity contribution is 8.00. The number of nitriles is 1. The lowest BCUT2D eigenvalue weighted by Gasteiger charge is -2.11. The number of hydrogen-bond donors (Lipinski definition) is 0. The number of benzene rings is 1. The molecule has 0 unspecified atom stereocenters. The van der Waals surface area contributed by atoms with E-state index in [4.69, 9.17) is 10.00 Å². The molecule has 0 aliphatic heterocycles. The first-order valence-electron chi connectivity index (χ1n) is 5.74. The van der Waals surface area contributed by atoms with Crippen LogP contribution in [-0.2, 0) is 16.0 Å². The number of rotatable bonds is 5. The second-order valence-electron chi connectivity index (χ2n) is 3.81. The molecule has 0 aromatic heterocycles. The fourth-order valence-corrected chi connectivity index (χ4v) is 2.22. The summed E-state index contributed by atoms with van der Waals surface area (Å²) in [6, 6.07) is 3.69. The van der Waals surface area contributed by atoms with Crippen molar-refractivity contribution in [2.45, 2.75) is 23.7 Å². The summed E-state index contributed by atoms with van der Waals surface area (Å²) in [6.07, 6.45) is 0.0592. The molecule has 1 aromatic carbocycles. The van der Waals surface area contributed by atoms with E-state index < -0.39 is 23.2 Å². The van der Waals surface area contributed by atoms with Gasteiger partial charge in [0.05, 0.1) is 18.6 Å². The molecule has 8 heteroatoms. The fraction of sp³-hybridized carbons (Fsp3) is 0.308. The zero-order valence-electron chi connectivity index (χ0n) is 10.9. The molecule has 0 N–H and O–H groups in total. The summed E-state index contributed by atoms with van der Waals surface area (Å²) < 4.78 is 41.9. The summed E-state index contributed by atoms with van der Waals surface area (Å²) in [5, 5.41) is 8.91. The largest absolute Gasteiger partial charge is 0.466 e. The van der Waals surface area contributed by atoms with Crippen LogP contribution in [0, 0.1) is 11.3 Å². The molecule has 0 fully saturated rings. The van der Waals surface area contributed by atoms with Crippen molar-refractivity contribution in [3.05, 3.63) is 28.8 Å². The van der Waals surface area contributed by atoms with Gasteiger partial charge in [-0.2, -0.15) is 18.4 Å². The van der Waals surface area contributed by atoms with Gasteiger partial charge in [0, 0.05) is 10.5 Å². The molecular weight excluding hydrogens is 307 g/mol. The Morgan fingerprint density at radius 1 is 1.48 bits per heavy atom. The van der Waals surface area contributed by atoms with E-state index >= 15 is 0 Å². The van der Waals surface area contributed by atoms with Gasteiger partial charge in [0.1, 0.15) is 12.4 Å². The first-order chi connectivity index (χ1) is 9.80. The molecule has 4 nitrogen and oxygen atoms in total. The number of hydrogen-bond acceptors (Lipinski definition) is 5. The number of halogens is 3. The van der Waals surface area contributed by atoms with Crippen LogP contribution < -0.4 is 0 Å². The molecule has 0 atom stereocenters. The number of carbonyl (C=O) groups excluding carboxylic acids is 2. The predicted molar refractivity (Wildman–Crippen MR) is 68.8 cm³/mol. The first kappa shape index (κ1) is 17.0. The van der Waals surface area contributed by atoms with Gasteiger partial charge in [-0.1, -0.05) is 0 Å². The minimum absolute atomic E-state index is 0.0752. The van der Waals surface area contributed by atoms with Crippen LogP contribution in [0.2, 0.25) is 0 Å². The smallest absolute Gasteiger partial charge is 0.446 e. The number of ether oxygens (including phenoxy) is 1. The van der Waals surface area contributed by atoms with E-state index in [1.54, 1.807) is 13.0 Å². The number of esters is 1. The van der Waals surface area contributed by atoms with Gasteiger partial charge < -0.3 is 4.74 Å². The Morgan fingerprint density at radius 2 is 2.14 bits per heavy atom. The minimum Gasteiger partial charge on any atom is -0.466 e. The molecule has 0 amide bonds. The summed E-state index contributed by atoms with van der Waals surface area (Å²) >= 11 is -0.478. The number of thioether (sulfide) groups is 1. The second-order valence-corrected chi connectivity index (χ2v) is 4.91. The lowest BCUT2D eigenvalue weighted by Crippen LogP contribution is -2.10. The van der Waals surface area contributed by atoms with Crippen molar-refractivity contribution in [1.29, 1.82) is 5.26 Å². The molecule has 0 saturated carbocycles. The summed E-state index contributed by atoms with van der Waals surface area (Å²) in [5.74, 6) is -0.624. The molecule has 0 spiro atoms. The van der Waals surface area contributed by atoms with Crippen LogP contribution in [0.15, 0.2) is 17.0 Å². The van der Waals surface area contributed by atoms with Crippen LogP contribution in [0.25, 0.3) is 0 Å². The standard InChI is InChI=1S/C13H10F3NO3S/c1-2-20-12(19)5-8-3-9(6-17)11(4-10(8)7-18)21-13(14,15)16/h3-4,7H,2,5H2,1H3. The molecule has 112 valence electrons. The van der Waals surface area contributed by atoms with Gasteiger partial charge in [-0.3, -0.25) is 9.59 Å². The summed E-state index contributed by atoms with van der Waals surface area (Å²) in [5.41, 5.74) is -4.74. The van der Waals surface area contributed by atoms with Gasteiger partial charge in [-0.25, -0.2) is 0 Å². The van der Waals surface area contributed by atoms with Crippen molar-refractivity contribution in [3.8, 4) is 6.07 Å². The molecule has 21 heavy (non-hydrogen) atoms. The Labute approximate surface area is 122 Å². The van der Waals surface area contributed by atoms with Gasteiger partial charge in [0.2, 0.25) is 0 Å². The van der Waals surface area contributed by atoms with E-state index in [1.165, 1.54) is 0 Å². The van der Waals surface area contributed by atoms with Crippen LogP contribution in [0.1, 0.15) is 28.4 Å². The van der Waals surface area contributed by atoms with E-state index in [0.717, 1.165) is 12.1 Å².